The molecule has 5 nitrogen and oxygen atoms in total. The Kier molecular flexibility index (Phi) is 5.76. The zero-order chi connectivity index (χ0) is 21.3. The fourth-order valence-corrected chi connectivity index (χ4v) is 4.54. The number of rotatable bonds is 7. The molecule has 2 fully saturated rings. The van der Waals surface area contributed by atoms with Crippen molar-refractivity contribution in [3.05, 3.63) is 53.2 Å². The lowest BCUT2D eigenvalue weighted by Gasteiger charge is -2.34. The largest absolute Gasteiger partial charge is 0.473 e. The van der Waals surface area contributed by atoms with Gasteiger partial charge in [-0.25, -0.2) is 4.98 Å². The van der Waals surface area contributed by atoms with Gasteiger partial charge in [0.1, 0.15) is 6.61 Å². The number of hydrogen-bond acceptors (Lipinski definition) is 4. The monoisotopic (exact) mass is 403 g/mol. The van der Waals surface area contributed by atoms with Crippen molar-refractivity contribution in [2.24, 2.45) is 11.3 Å². The molecule has 1 N–H and O–H groups in total. The number of nitrogens with zero attached hydrogens (tertiary/aromatic N) is 2. The van der Waals surface area contributed by atoms with Gasteiger partial charge in [-0.3, -0.25) is 4.79 Å². The molecule has 2 radical (unpaired) electrons. The van der Waals surface area contributed by atoms with Crippen LogP contribution < -0.4 is 15.0 Å². The second-order valence-corrected chi connectivity index (χ2v) is 8.82. The highest BCUT2D eigenvalue weighted by Gasteiger charge is 2.49. The van der Waals surface area contributed by atoms with Gasteiger partial charge in [-0.1, -0.05) is 37.5 Å². The SMILES string of the molecule is [B]C[C@H]1CNC(=O)[C@]1(C)C(C)c1ccc(COc2cc(N3CCC3)cc(C)n2)cc1. The summed E-state index contributed by atoms with van der Waals surface area (Å²) < 4.78 is 5.99. The molecule has 1 aromatic heterocycles. The Morgan fingerprint density at radius 1 is 1.30 bits per heavy atom. The lowest BCUT2D eigenvalue weighted by atomic mass is 9.64. The third-order valence-electron chi connectivity index (χ3n) is 7.03. The third kappa shape index (κ3) is 3.80. The van der Waals surface area contributed by atoms with Crippen LogP contribution >= 0.6 is 0 Å². The normalized spacial score (nSPS) is 24.3. The van der Waals surface area contributed by atoms with Crippen LogP contribution in [-0.2, 0) is 11.4 Å². The molecule has 0 spiro atoms. The molecule has 4 rings (SSSR count). The number of pyridine rings is 1. The van der Waals surface area contributed by atoms with Crippen LogP contribution in [-0.4, -0.2) is 38.4 Å². The molecule has 3 atom stereocenters. The Balaban J connectivity index is 1.43. The summed E-state index contributed by atoms with van der Waals surface area (Å²) in [5.74, 6) is 0.994. The number of nitrogens with one attached hydrogen (secondary N) is 1. The first kappa shape index (κ1) is 20.8. The van der Waals surface area contributed by atoms with Crippen LogP contribution in [0.3, 0.4) is 0 Å². The van der Waals surface area contributed by atoms with Crippen molar-refractivity contribution >= 4 is 19.4 Å². The van der Waals surface area contributed by atoms with Crippen molar-refractivity contribution in [1.29, 1.82) is 0 Å². The number of carbonyl (C=O) groups is 1. The molecule has 2 aromatic rings. The molecule has 2 saturated heterocycles. The van der Waals surface area contributed by atoms with E-state index >= 15 is 0 Å². The van der Waals surface area contributed by atoms with Crippen molar-refractivity contribution in [3.63, 3.8) is 0 Å². The van der Waals surface area contributed by atoms with Gasteiger partial charge in [0, 0.05) is 37.1 Å². The molecule has 2 aliphatic heterocycles. The Morgan fingerprint density at radius 3 is 2.67 bits per heavy atom. The topological polar surface area (TPSA) is 54.5 Å². The maximum Gasteiger partial charge on any atom is 0.226 e. The molecule has 156 valence electrons. The molecule has 0 aliphatic carbocycles. The summed E-state index contributed by atoms with van der Waals surface area (Å²) in [5.41, 5.74) is 3.90. The fraction of sp³-hybridized carbons (Fsp3) is 0.500. The van der Waals surface area contributed by atoms with Crippen LogP contribution in [0.2, 0.25) is 6.32 Å². The first-order valence-corrected chi connectivity index (χ1v) is 10.9. The Hall–Kier alpha value is -2.50. The second-order valence-electron chi connectivity index (χ2n) is 8.82. The van der Waals surface area contributed by atoms with E-state index in [-0.39, 0.29) is 17.7 Å². The molecule has 6 heteroatoms. The molecule has 0 saturated carbocycles. The zero-order valence-corrected chi connectivity index (χ0v) is 18.1. The van der Waals surface area contributed by atoms with E-state index in [0.29, 0.717) is 25.4 Å². The lowest BCUT2D eigenvalue weighted by Crippen LogP contribution is -2.37. The summed E-state index contributed by atoms with van der Waals surface area (Å²) in [6, 6.07) is 12.5. The number of anilines is 1. The Bertz CT molecular complexity index is 913. The number of aromatic nitrogens is 1. The average molecular weight is 403 g/mol. The van der Waals surface area contributed by atoms with Gasteiger partial charge in [-0.15, -0.1) is 0 Å². The minimum Gasteiger partial charge on any atom is -0.473 e. The van der Waals surface area contributed by atoms with E-state index in [1.165, 1.54) is 12.1 Å². The highest BCUT2D eigenvalue weighted by atomic mass is 16.5. The van der Waals surface area contributed by atoms with Gasteiger partial charge in [-0.05, 0) is 49.3 Å². The molecule has 2 aliphatic rings. The van der Waals surface area contributed by atoms with Crippen molar-refractivity contribution in [2.75, 3.05) is 24.5 Å². The number of benzene rings is 1. The van der Waals surface area contributed by atoms with E-state index in [0.717, 1.165) is 29.9 Å². The van der Waals surface area contributed by atoms with Gasteiger partial charge in [-0.2, -0.15) is 0 Å². The quantitative estimate of drug-likeness (QED) is 0.718. The average Bonchev–Trinajstić information content (AvgIpc) is 2.99. The van der Waals surface area contributed by atoms with Crippen molar-refractivity contribution in [3.8, 4) is 5.88 Å². The molecule has 1 aromatic carbocycles. The predicted molar refractivity (Wildman–Crippen MR) is 120 cm³/mol. The van der Waals surface area contributed by atoms with E-state index in [4.69, 9.17) is 12.6 Å². The summed E-state index contributed by atoms with van der Waals surface area (Å²) in [6.45, 7) is 9.48. The summed E-state index contributed by atoms with van der Waals surface area (Å²) >= 11 is 0. The predicted octanol–water partition coefficient (Wildman–Crippen LogP) is 3.62. The number of aryl methyl sites for hydroxylation is 1. The first-order valence-electron chi connectivity index (χ1n) is 10.9. The van der Waals surface area contributed by atoms with Gasteiger partial charge >= 0.3 is 0 Å². The Labute approximate surface area is 180 Å². The second kappa shape index (κ2) is 8.33. The molecular formula is C24H30BN3O2. The number of carbonyl (C=O) groups excluding carboxylic acids is 1. The van der Waals surface area contributed by atoms with Gasteiger partial charge < -0.3 is 15.0 Å². The Morgan fingerprint density at radius 2 is 2.03 bits per heavy atom. The summed E-state index contributed by atoms with van der Waals surface area (Å²) in [5, 5.41) is 2.99. The number of amides is 1. The van der Waals surface area contributed by atoms with Crippen molar-refractivity contribution in [2.45, 2.75) is 46.0 Å². The molecule has 3 heterocycles. The fourth-order valence-electron chi connectivity index (χ4n) is 4.54. The van der Waals surface area contributed by atoms with E-state index in [9.17, 15) is 4.79 Å². The van der Waals surface area contributed by atoms with Crippen LogP contribution in [0.1, 0.15) is 43.0 Å². The van der Waals surface area contributed by atoms with Crippen LogP contribution in [0.15, 0.2) is 36.4 Å². The molecule has 1 unspecified atom stereocenters. The van der Waals surface area contributed by atoms with E-state index < -0.39 is 5.41 Å². The first-order chi connectivity index (χ1) is 14.4. The maximum absolute atomic E-state index is 12.5. The van der Waals surface area contributed by atoms with Gasteiger partial charge in [0.15, 0.2) is 0 Å². The van der Waals surface area contributed by atoms with Gasteiger partial charge in [0.05, 0.1) is 13.3 Å². The van der Waals surface area contributed by atoms with Gasteiger partial charge in [0.25, 0.3) is 0 Å². The van der Waals surface area contributed by atoms with E-state index in [1.807, 2.05) is 19.9 Å². The van der Waals surface area contributed by atoms with E-state index in [1.54, 1.807) is 0 Å². The number of ether oxygens (including phenoxy) is 1. The maximum atomic E-state index is 12.5. The van der Waals surface area contributed by atoms with Crippen molar-refractivity contribution < 1.29 is 9.53 Å². The molecule has 0 bridgehead atoms. The zero-order valence-electron chi connectivity index (χ0n) is 18.1. The van der Waals surface area contributed by atoms with Crippen molar-refractivity contribution in [1.82, 2.24) is 10.3 Å². The number of hydrogen-bond donors (Lipinski definition) is 1. The lowest BCUT2D eigenvalue weighted by molar-refractivity contribution is -0.128. The van der Waals surface area contributed by atoms with Crippen LogP contribution in [0, 0.1) is 18.3 Å². The van der Waals surface area contributed by atoms with Crippen LogP contribution in [0.5, 0.6) is 5.88 Å². The summed E-state index contributed by atoms with van der Waals surface area (Å²) in [7, 11) is 5.94. The molecular weight excluding hydrogens is 373 g/mol. The smallest absolute Gasteiger partial charge is 0.226 e. The minimum atomic E-state index is -0.481. The highest BCUT2D eigenvalue weighted by Crippen LogP contribution is 2.46. The van der Waals surface area contributed by atoms with E-state index in [2.05, 4.69) is 52.5 Å². The van der Waals surface area contributed by atoms with Crippen LogP contribution in [0.25, 0.3) is 0 Å². The summed E-state index contributed by atoms with van der Waals surface area (Å²) in [4.78, 5) is 19.4. The third-order valence-corrected chi connectivity index (χ3v) is 7.03. The minimum absolute atomic E-state index is 0.0843. The molecule has 1 amide bonds. The standard InChI is InChI=1S/C24H30BN3O2/c1-16-11-21(28-9-4-10-28)12-22(27-16)30-15-18-5-7-19(8-6-18)17(2)24(3)20(13-25)14-26-23(24)29/h5-8,11-12,17,20H,4,9-10,13-15H2,1-3H3,(H,26,29)/t17?,20-,24+/m0/s1. The molecule has 30 heavy (non-hydrogen) atoms. The summed E-state index contributed by atoms with van der Waals surface area (Å²) in [6.07, 6.45) is 1.75. The highest BCUT2D eigenvalue weighted by molar-refractivity contribution is 6.09. The van der Waals surface area contributed by atoms with Gasteiger partial charge in [0.2, 0.25) is 11.8 Å². The van der Waals surface area contributed by atoms with Crippen LogP contribution in [0.4, 0.5) is 5.69 Å².